The van der Waals surface area contributed by atoms with E-state index in [0.29, 0.717) is 24.2 Å². The third-order valence-electron chi connectivity index (χ3n) is 3.05. The van der Waals surface area contributed by atoms with Gasteiger partial charge in [-0.1, -0.05) is 6.07 Å². The maximum Gasteiger partial charge on any atom is 0.313 e. The lowest BCUT2D eigenvalue weighted by Crippen LogP contribution is -2.31. The SMILES string of the molecule is COc1ccc2c(c1)C(C(=O)O)C(O)CC2. The Morgan fingerprint density at radius 1 is 1.50 bits per heavy atom. The van der Waals surface area contributed by atoms with E-state index in [1.165, 1.54) is 7.11 Å². The van der Waals surface area contributed by atoms with Gasteiger partial charge in [0.1, 0.15) is 11.7 Å². The highest BCUT2D eigenvalue weighted by Crippen LogP contribution is 2.34. The summed E-state index contributed by atoms with van der Waals surface area (Å²) in [4.78, 5) is 11.1. The summed E-state index contributed by atoms with van der Waals surface area (Å²) in [6.07, 6.45) is 0.401. The van der Waals surface area contributed by atoms with Crippen molar-refractivity contribution in [2.24, 2.45) is 0 Å². The van der Waals surface area contributed by atoms with Gasteiger partial charge in [-0.3, -0.25) is 4.79 Å². The topological polar surface area (TPSA) is 66.8 Å². The van der Waals surface area contributed by atoms with Crippen molar-refractivity contribution in [2.75, 3.05) is 7.11 Å². The van der Waals surface area contributed by atoms with Crippen molar-refractivity contribution in [1.29, 1.82) is 0 Å². The molecule has 1 aromatic rings. The van der Waals surface area contributed by atoms with E-state index in [2.05, 4.69) is 0 Å². The van der Waals surface area contributed by atoms with E-state index in [9.17, 15) is 9.90 Å². The number of ether oxygens (including phenoxy) is 1. The summed E-state index contributed by atoms with van der Waals surface area (Å²) in [7, 11) is 1.54. The molecule has 1 aromatic carbocycles. The zero-order valence-corrected chi connectivity index (χ0v) is 9.01. The second kappa shape index (κ2) is 4.14. The molecule has 2 N–H and O–H groups in total. The number of carbonyl (C=O) groups is 1. The van der Waals surface area contributed by atoms with Gasteiger partial charge in [-0.05, 0) is 36.1 Å². The van der Waals surface area contributed by atoms with E-state index >= 15 is 0 Å². The van der Waals surface area contributed by atoms with Crippen molar-refractivity contribution in [1.82, 2.24) is 0 Å². The van der Waals surface area contributed by atoms with Crippen LogP contribution in [0, 0.1) is 0 Å². The highest BCUT2D eigenvalue weighted by Gasteiger charge is 2.33. The molecule has 0 heterocycles. The lowest BCUT2D eigenvalue weighted by Gasteiger charge is -2.27. The molecular formula is C12H14O4. The lowest BCUT2D eigenvalue weighted by atomic mass is 9.80. The van der Waals surface area contributed by atoms with Crippen molar-refractivity contribution in [3.8, 4) is 5.75 Å². The Labute approximate surface area is 93.5 Å². The predicted molar refractivity (Wildman–Crippen MR) is 57.7 cm³/mol. The van der Waals surface area contributed by atoms with Crippen molar-refractivity contribution < 1.29 is 19.7 Å². The van der Waals surface area contributed by atoms with E-state index in [-0.39, 0.29) is 0 Å². The number of hydrogen-bond acceptors (Lipinski definition) is 3. The number of fused-ring (bicyclic) bond motifs is 1. The molecule has 0 aromatic heterocycles. The maximum absolute atomic E-state index is 11.1. The number of aliphatic hydroxyl groups is 1. The molecule has 2 unspecified atom stereocenters. The van der Waals surface area contributed by atoms with Gasteiger partial charge in [0.05, 0.1) is 13.2 Å². The molecule has 4 nitrogen and oxygen atoms in total. The number of hydrogen-bond donors (Lipinski definition) is 2. The second-order valence-corrected chi connectivity index (χ2v) is 3.99. The van der Waals surface area contributed by atoms with E-state index in [1.54, 1.807) is 6.07 Å². The zero-order valence-electron chi connectivity index (χ0n) is 9.01. The van der Waals surface area contributed by atoms with Gasteiger partial charge in [0.15, 0.2) is 0 Å². The molecule has 2 atom stereocenters. The quantitative estimate of drug-likeness (QED) is 0.788. The molecule has 0 bridgehead atoms. The van der Waals surface area contributed by atoms with Gasteiger partial charge in [-0.25, -0.2) is 0 Å². The number of methoxy groups -OCH3 is 1. The molecule has 0 fully saturated rings. The number of carboxylic acids is 1. The Bertz CT molecular complexity index is 413. The largest absolute Gasteiger partial charge is 0.497 e. The fourth-order valence-electron chi connectivity index (χ4n) is 2.19. The van der Waals surface area contributed by atoms with Crippen molar-refractivity contribution in [3.63, 3.8) is 0 Å². The van der Waals surface area contributed by atoms with Crippen LogP contribution >= 0.6 is 0 Å². The van der Waals surface area contributed by atoms with Crippen LogP contribution in [-0.4, -0.2) is 29.4 Å². The molecule has 16 heavy (non-hydrogen) atoms. The van der Waals surface area contributed by atoms with Crippen molar-refractivity contribution >= 4 is 5.97 Å². The Hall–Kier alpha value is -1.55. The van der Waals surface area contributed by atoms with Crippen LogP contribution < -0.4 is 4.74 Å². The van der Waals surface area contributed by atoms with E-state index in [4.69, 9.17) is 9.84 Å². The first-order valence-electron chi connectivity index (χ1n) is 5.21. The molecule has 0 aliphatic heterocycles. The van der Waals surface area contributed by atoms with Gasteiger partial charge >= 0.3 is 5.97 Å². The molecule has 4 heteroatoms. The predicted octanol–water partition coefficient (Wildman–Crippen LogP) is 1.17. The third kappa shape index (κ3) is 1.76. The summed E-state index contributed by atoms with van der Waals surface area (Å²) in [5, 5.41) is 18.8. The lowest BCUT2D eigenvalue weighted by molar-refractivity contribution is -0.142. The first-order chi connectivity index (χ1) is 7.63. The van der Waals surface area contributed by atoms with Gasteiger partial charge in [0.25, 0.3) is 0 Å². The van der Waals surface area contributed by atoms with Gasteiger partial charge in [-0.2, -0.15) is 0 Å². The monoisotopic (exact) mass is 222 g/mol. The summed E-state index contributed by atoms with van der Waals surface area (Å²) in [5.41, 5.74) is 1.66. The standard InChI is InChI=1S/C12H14O4/c1-16-8-4-2-7-3-5-10(13)11(12(14)15)9(7)6-8/h2,4,6,10-11,13H,3,5H2,1H3,(H,14,15). The minimum Gasteiger partial charge on any atom is -0.497 e. The molecule has 0 radical (unpaired) electrons. The molecule has 0 spiro atoms. The minimum absolute atomic E-state index is 0.496. The Kier molecular flexibility index (Phi) is 2.83. The van der Waals surface area contributed by atoms with Crippen molar-refractivity contribution in [2.45, 2.75) is 24.9 Å². The molecule has 0 saturated heterocycles. The highest BCUT2D eigenvalue weighted by atomic mass is 16.5. The highest BCUT2D eigenvalue weighted by molar-refractivity contribution is 5.78. The van der Waals surface area contributed by atoms with Gasteiger partial charge in [0, 0.05) is 0 Å². The van der Waals surface area contributed by atoms with Gasteiger partial charge < -0.3 is 14.9 Å². The molecule has 1 aliphatic rings. The second-order valence-electron chi connectivity index (χ2n) is 3.99. The Morgan fingerprint density at radius 2 is 2.25 bits per heavy atom. The van der Waals surface area contributed by atoms with Crippen LogP contribution in [0.4, 0.5) is 0 Å². The average molecular weight is 222 g/mol. The molecule has 0 amide bonds. The van der Waals surface area contributed by atoms with Crippen LogP contribution in [0.3, 0.4) is 0 Å². The number of aliphatic carboxylic acids is 1. The fraction of sp³-hybridized carbons (Fsp3) is 0.417. The first-order valence-corrected chi connectivity index (χ1v) is 5.21. The third-order valence-corrected chi connectivity index (χ3v) is 3.05. The summed E-state index contributed by atoms with van der Waals surface area (Å²) >= 11 is 0. The van der Waals surface area contributed by atoms with Gasteiger partial charge in [-0.15, -0.1) is 0 Å². The summed E-state index contributed by atoms with van der Waals surface area (Å²) in [6, 6.07) is 5.39. The van der Waals surface area contributed by atoms with E-state index in [1.807, 2.05) is 12.1 Å². The van der Waals surface area contributed by atoms with Crippen LogP contribution in [0.1, 0.15) is 23.5 Å². The Balaban J connectivity index is 2.48. The number of benzene rings is 1. The van der Waals surface area contributed by atoms with Gasteiger partial charge in [0.2, 0.25) is 0 Å². The fourth-order valence-corrected chi connectivity index (χ4v) is 2.19. The minimum atomic E-state index is -0.985. The van der Waals surface area contributed by atoms with E-state index in [0.717, 1.165) is 5.56 Å². The van der Waals surface area contributed by atoms with Crippen LogP contribution in [0.5, 0.6) is 5.75 Å². The normalized spacial score (nSPS) is 23.6. The summed E-state index contributed by atoms with van der Waals surface area (Å²) in [6.45, 7) is 0. The number of aliphatic hydroxyl groups excluding tert-OH is 1. The van der Waals surface area contributed by atoms with Crippen LogP contribution in [0.15, 0.2) is 18.2 Å². The smallest absolute Gasteiger partial charge is 0.313 e. The van der Waals surface area contributed by atoms with Crippen LogP contribution in [-0.2, 0) is 11.2 Å². The number of aryl methyl sites for hydroxylation is 1. The molecule has 86 valence electrons. The van der Waals surface area contributed by atoms with Crippen molar-refractivity contribution in [3.05, 3.63) is 29.3 Å². The molecule has 1 aliphatic carbocycles. The summed E-state index contributed by atoms with van der Waals surface area (Å²) < 4.78 is 5.07. The van der Waals surface area contributed by atoms with E-state index < -0.39 is 18.0 Å². The summed E-state index contributed by atoms with van der Waals surface area (Å²) in [5.74, 6) is -1.19. The maximum atomic E-state index is 11.1. The zero-order chi connectivity index (χ0) is 11.7. The van der Waals surface area contributed by atoms with Crippen LogP contribution in [0.25, 0.3) is 0 Å². The molecule has 2 rings (SSSR count). The Morgan fingerprint density at radius 3 is 2.88 bits per heavy atom. The average Bonchev–Trinajstić information content (AvgIpc) is 2.27. The molecular weight excluding hydrogens is 208 g/mol. The first kappa shape index (κ1) is 11.0. The van der Waals surface area contributed by atoms with Crippen LogP contribution in [0.2, 0.25) is 0 Å². The number of rotatable bonds is 2. The number of carboxylic acid groups (broad SMARTS) is 1. The molecule has 0 saturated carbocycles.